The maximum atomic E-state index is 10.8. The summed E-state index contributed by atoms with van der Waals surface area (Å²) in [5.41, 5.74) is 1.81. The average molecular weight is 383 g/mol. The van der Waals surface area contributed by atoms with Crippen molar-refractivity contribution < 1.29 is 17.5 Å². The zero-order chi connectivity index (χ0) is 18.3. The van der Waals surface area contributed by atoms with Gasteiger partial charge in [0.15, 0.2) is 6.20 Å². The molecule has 1 N–H and O–H groups in total. The van der Waals surface area contributed by atoms with Crippen molar-refractivity contribution >= 4 is 33.6 Å². The second kappa shape index (κ2) is 8.94. The fraction of sp³-hybridized carbons (Fsp3) is 0.294. The summed E-state index contributed by atoms with van der Waals surface area (Å²) in [5.74, 6) is -0.219. The lowest BCUT2D eigenvalue weighted by molar-refractivity contribution is -0.698. The van der Waals surface area contributed by atoms with Gasteiger partial charge in [0.05, 0.1) is 11.4 Å². The SMILES string of the molecule is CN(N=Cc1cccc[n+]1CCCCS(=O)(=O)O)c1ccc(Cl)cc1. The Morgan fingerprint density at radius 3 is 2.60 bits per heavy atom. The largest absolute Gasteiger partial charge is 0.286 e. The van der Waals surface area contributed by atoms with Crippen LogP contribution in [0, 0.1) is 0 Å². The summed E-state index contributed by atoms with van der Waals surface area (Å²) in [5, 5.41) is 6.85. The summed E-state index contributed by atoms with van der Waals surface area (Å²) in [7, 11) is -2.05. The molecule has 0 aliphatic carbocycles. The lowest BCUT2D eigenvalue weighted by Gasteiger charge is -2.12. The third-order valence-electron chi connectivity index (χ3n) is 3.59. The Bertz CT molecular complexity index is 823. The number of aromatic nitrogens is 1. The number of rotatable bonds is 8. The summed E-state index contributed by atoms with van der Waals surface area (Å²) in [6, 6.07) is 13.1. The van der Waals surface area contributed by atoms with Gasteiger partial charge in [-0.3, -0.25) is 9.56 Å². The van der Waals surface area contributed by atoms with E-state index in [-0.39, 0.29) is 5.75 Å². The Morgan fingerprint density at radius 2 is 1.92 bits per heavy atom. The number of hydrazone groups is 1. The molecular formula is C17H21ClN3O3S+. The number of hydrogen-bond donors (Lipinski definition) is 1. The maximum absolute atomic E-state index is 10.8. The fourth-order valence-electron chi connectivity index (χ4n) is 2.25. The normalized spacial score (nSPS) is 11.8. The molecule has 0 fully saturated rings. The van der Waals surface area contributed by atoms with E-state index >= 15 is 0 Å². The Morgan fingerprint density at radius 1 is 1.20 bits per heavy atom. The molecule has 2 rings (SSSR count). The third kappa shape index (κ3) is 6.81. The molecule has 0 spiro atoms. The van der Waals surface area contributed by atoms with Crippen LogP contribution in [0.3, 0.4) is 0 Å². The van der Waals surface area contributed by atoms with Crippen molar-refractivity contribution in [3.05, 3.63) is 59.4 Å². The highest BCUT2D eigenvalue weighted by atomic mass is 35.5. The predicted octanol–water partition coefficient (Wildman–Crippen LogP) is 2.77. The van der Waals surface area contributed by atoms with Crippen LogP contribution >= 0.6 is 11.6 Å². The van der Waals surface area contributed by atoms with Crippen LogP contribution in [0.15, 0.2) is 53.8 Å². The van der Waals surface area contributed by atoms with Crippen molar-refractivity contribution in [1.82, 2.24) is 0 Å². The molecule has 0 aliphatic rings. The van der Waals surface area contributed by atoms with E-state index in [0.717, 1.165) is 11.4 Å². The lowest BCUT2D eigenvalue weighted by Crippen LogP contribution is -2.38. The van der Waals surface area contributed by atoms with E-state index in [2.05, 4.69) is 5.10 Å². The van der Waals surface area contributed by atoms with Crippen molar-refractivity contribution in [2.75, 3.05) is 17.8 Å². The quantitative estimate of drug-likeness (QED) is 0.250. The Kier molecular flexibility index (Phi) is 6.92. The summed E-state index contributed by atoms with van der Waals surface area (Å²) in [6.07, 6.45) is 4.71. The van der Waals surface area contributed by atoms with Crippen LogP contribution in [0.5, 0.6) is 0 Å². The van der Waals surface area contributed by atoms with E-state index in [0.29, 0.717) is 24.4 Å². The third-order valence-corrected chi connectivity index (χ3v) is 4.65. The molecular weight excluding hydrogens is 362 g/mol. The van der Waals surface area contributed by atoms with Crippen LogP contribution in [-0.2, 0) is 16.7 Å². The van der Waals surface area contributed by atoms with Gasteiger partial charge < -0.3 is 0 Å². The smallest absolute Gasteiger partial charge is 0.264 e. The van der Waals surface area contributed by atoms with Crippen LogP contribution in [0.1, 0.15) is 18.5 Å². The topological polar surface area (TPSA) is 73.8 Å². The van der Waals surface area contributed by atoms with Gasteiger partial charge in [-0.25, -0.2) is 0 Å². The monoisotopic (exact) mass is 382 g/mol. The standard InChI is InChI=1S/C17H20ClN3O3S/c1-20(16-9-7-15(18)8-10-16)19-14-17-6-2-3-11-21(17)12-4-5-13-25(22,23)24/h2-3,6-11,14H,4-5,12-13H2,1H3/p+1. The van der Waals surface area contributed by atoms with Crippen LogP contribution < -0.4 is 9.58 Å². The van der Waals surface area contributed by atoms with E-state index < -0.39 is 10.1 Å². The Hall–Kier alpha value is -1.96. The molecule has 25 heavy (non-hydrogen) atoms. The average Bonchev–Trinajstić information content (AvgIpc) is 2.57. The first-order valence-corrected chi connectivity index (χ1v) is 9.81. The molecule has 1 aromatic heterocycles. The highest BCUT2D eigenvalue weighted by Gasteiger charge is 2.09. The highest BCUT2D eigenvalue weighted by molar-refractivity contribution is 7.85. The molecule has 6 nitrogen and oxygen atoms in total. The fourth-order valence-corrected chi connectivity index (χ4v) is 2.94. The van der Waals surface area contributed by atoms with Gasteiger partial charge in [0.1, 0.15) is 12.8 Å². The minimum absolute atomic E-state index is 0.219. The van der Waals surface area contributed by atoms with Crippen molar-refractivity contribution in [2.45, 2.75) is 19.4 Å². The number of hydrogen-bond acceptors (Lipinski definition) is 4. The van der Waals surface area contributed by atoms with Crippen LogP contribution in [0.25, 0.3) is 0 Å². The predicted molar refractivity (Wildman–Crippen MR) is 99.7 cm³/mol. The summed E-state index contributed by atoms with van der Waals surface area (Å²) >= 11 is 5.89. The van der Waals surface area contributed by atoms with E-state index in [1.165, 1.54) is 0 Å². The Labute approximate surface area is 153 Å². The minimum atomic E-state index is -3.90. The van der Waals surface area contributed by atoms with Crippen molar-refractivity contribution in [3.63, 3.8) is 0 Å². The second-order valence-corrected chi connectivity index (χ2v) is 7.57. The first kappa shape index (κ1) is 19.4. The molecule has 0 bridgehead atoms. The number of pyridine rings is 1. The first-order valence-electron chi connectivity index (χ1n) is 7.82. The summed E-state index contributed by atoms with van der Waals surface area (Å²) in [4.78, 5) is 0. The van der Waals surface area contributed by atoms with Gasteiger partial charge in [-0.2, -0.15) is 18.1 Å². The zero-order valence-corrected chi connectivity index (χ0v) is 15.5. The highest BCUT2D eigenvalue weighted by Crippen LogP contribution is 2.16. The van der Waals surface area contributed by atoms with Gasteiger partial charge >= 0.3 is 0 Å². The van der Waals surface area contributed by atoms with Gasteiger partial charge in [0.2, 0.25) is 5.69 Å². The van der Waals surface area contributed by atoms with E-state index in [9.17, 15) is 8.42 Å². The van der Waals surface area contributed by atoms with E-state index in [1.54, 1.807) is 23.4 Å². The molecule has 0 amide bonds. The van der Waals surface area contributed by atoms with Gasteiger partial charge in [0, 0.05) is 30.6 Å². The second-order valence-electron chi connectivity index (χ2n) is 5.56. The van der Waals surface area contributed by atoms with Crippen LogP contribution in [0.2, 0.25) is 5.02 Å². The number of benzene rings is 1. The molecule has 0 saturated heterocycles. The first-order chi connectivity index (χ1) is 11.8. The van der Waals surface area contributed by atoms with E-state index in [1.807, 2.05) is 48.1 Å². The number of unbranched alkanes of at least 4 members (excludes halogenated alkanes) is 1. The van der Waals surface area contributed by atoms with Crippen molar-refractivity contribution in [2.24, 2.45) is 5.10 Å². The molecule has 8 heteroatoms. The molecule has 1 heterocycles. The van der Waals surface area contributed by atoms with Gasteiger partial charge in [-0.1, -0.05) is 11.6 Å². The molecule has 0 radical (unpaired) electrons. The molecule has 0 saturated carbocycles. The van der Waals surface area contributed by atoms with Gasteiger partial charge in [0.25, 0.3) is 10.1 Å². The Balaban J connectivity index is 2.00. The van der Waals surface area contributed by atoms with Gasteiger partial charge in [-0.15, -0.1) is 0 Å². The number of halogens is 1. The van der Waals surface area contributed by atoms with Crippen molar-refractivity contribution in [1.29, 1.82) is 0 Å². The summed E-state index contributed by atoms with van der Waals surface area (Å²) < 4.78 is 32.3. The zero-order valence-electron chi connectivity index (χ0n) is 13.9. The van der Waals surface area contributed by atoms with Crippen LogP contribution in [0.4, 0.5) is 5.69 Å². The summed E-state index contributed by atoms with van der Waals surface area (Å²) in [6.45, 7) is 0.641. The van der Waals surface area contributed by atoms with Crippen LogP contribution in [-0.4, -0.2) is 32.0 Å². The van der Waals surface area contributed by atoms with Crippen molar-refractivity contribution in [3.8, 4) is 0 Å². The molecule has 134 valence electrons. The lowest BCUT2D eigenvalue weighted by atomic mass is 10.3. The number of aryl methyl sites for hydroxylation is 1. The number of anilines is 1. The number of nitrogens with zero attached hydrogens (tertiary/aromatic N) is 3. The van der Waals surface area contributed by atoms with E-state index in [4.69, 9.17) is 16.2 Å². The molecule has 0 aliphatic heterocycles. The molecule has 0 atom stereocenters. The maximum Gasteiger partial charge on any atom is 0.264 e. The molecule has 0 unspecified atom stereocenters. The molecule has 2 aromatic rings. The molecule has 1 aromatic carbocycles. The van der Waals surface area contributed by atoms with Gasteiger partial charge in [-0.05, 0) is 36.8 Å². The minimum Gasteiger partial charge on any atom is -0.286 e.